The average Bonchev–Trinajstić information content (AvgIpc) is 3.32. The normalized spacial score (nSPS) is 14.0. The van der Waals surface area contributed by atoms with E-state index in [4.69, 9.17) is 9.72 Å². The second-order valence-corrected chi connectivity index (χ2v) is 5.41. The van der Waals surface area contributed by atoms with Crippen molar-refractivity contribution in [3.8, 4) is 17.0 Å². The molecule has 1 aliphatic carbocycles. The summed E-state index contributed by atoms with van der Waals surface area (Å²) in [5, 5.41) is 3.15. The summed E-state index contributed by atoms with van der Waals surface area (Å²) in [6.07, 6.45) is 3.56. The van der Waals surface area contributed by atoms with Gasteiger partial charge in [0.2, 0.25) is 0 Å². The lowest BCUT2D eigenvalue weighted by Gasteiger charge is -2.13. The Balaban J connectivity index is 2.02. The molecule has 1 heterocycles. The highest BCUT2D eigenvalue weighted by Crippen LogP contribution is 2.31. The zero-order chi connectivity index (χ0) is 14.8. The molecule has 1 fully saturated rings. The Hall–Kier alpha value is -2.10. The number of ether oxygens (including phenoxy) is 1. The van der Waals surface area contributed by atoms with E-state index in [1.807, 2.05) is 19.2 Å². The minimum Gasteiger partial charge on any atom is -0.490 e. The Morgan fingerprint density at radius 1 is 1.29 bits per heavy atom. The van der Waals surface area contributed by atoms with Gasteiger partial charge in [-0.2, -0.15) is 0 Å². The quantitative estimate of drug-likeness (QED) is 0.910. The van der Waals surface area contributed by atoms with Crippen LogP contribution in [0.1, 0.15) is 31.2 Å². The maximum Gasteiger partial charge on any atom is 0.132 e. The molecule has 21 heavy (non-hydrogen) atoms. The Bertz CT molecular complexity index is 650. The lowest BCUT2D eigenvalue weighted by Crippen LogP contribution is -2.05. The summed E-state index contributed by atoms with van der Waals surface area (Å²) in [7, 11) is 1.89. The monoisotopic (exact) mass is 283 g/mol. The number of nitrogens with one attached hydrogen (secondary N) is 1. The highest BCUT2D eigenvalue weighted by molar-refractivity contribution is 5.69. The summed E-state index contributed by atoms with van der Waals surface area (Å²) in [4.78, 5) is 9.22. The van der Waals surface area contributed by atoms with E-state index in [-0.39, 0.29) is 0 Å². The van der Waals surface area contributed by atoms with Crippen molar-refractivity contribution in [3.05, 3.63) is 35.7 Å². The molecule has 1 saturated carbocycles. The van der Waals surface area contributed by atoms with Gasteiger partial charge in [-0.05, 0) is 31.9 Å². The first-order valence-corrected chi connectivity index (χ1v) is 7.53. The maximum absolute atomic E-state index is 5.88. The SMILES string of the molecule is CCc1nc(NC)c(C)c(-c2cccc(OC3CC3)c2)n1. The standard InChI is InChI=1S/C17H21N3O/c1-4-15-19-16(11(2)17(18-3)20-15)12-6-5-7-14(10-12)21-13-8-9-13/h5-7,10,13H,4,8-9H2,1-3H3,(H,18,19,20). The molecule has 0 atom stereocenters. The van der Waals surface area contributed by atoms with E-state index in [0.29, 0.717) is 6.10 Å². The molecule has 1 aromatic heterocycles. The molecule has 0 aliphatic heterocycles. The summed E-state index contributed by atoms with van der Waals surface area (Å²) in [6.45, 7) is 4.12. The van der Waals surface area contributed by atoms with Crippen molar-refractivity contribution in [1.29, 1.82) is 0 Å². The molecule has 0 bridgehead atoms. The van der Waals surface area contributed by atoms with Crippen molar-refractivity contribution >= 4 is 5.82 Å². The highest BCUT2D eigenvalue weighted by Gasteiger charge is 2.23. The fourth-order valence-corrected chi connectivity index (χ4v) is 2.34. The fraction of sp³-hybridized carbons (Fsp3) is 0.412. The molecule has 1 N–H and O–H groups in total. The van der Waals surface area contributed by atoms with Crippen molar-refractivity contribution in [2.75, 3.05) is 12.4 Å². The molecule has 0 amide bonds. The highest BCUT2D eigenvalue weighted by atomic mass is 16.5. The van der Waals surface area contributed by atoms with E-state index in [1.54, 1.807) is 0 Å². The van der Waals surface area contributed by atoms with Gasteiger partial charge >= 0.3 is 0 Å². The first-order chi connectivity index (χ1) is 10.2. The van der Waals surface area contributed by atoms with Gasteiger partial charge in [-0.1, -0.05) is 19.1 Å². The van der Waals surface area contributed by atoms with Crippen molar-refractivity contribution in [2.24, 2.45) is 0 Å². The van der Waals surface area contributed by atoms with E-state index in [1.165, 1.54) is 12.8 Å². The van der Waals surface area contributed by atoms with E-state index >= 15 is 0 Å². The van der Waals surface area contributed by atoms with Gasteiger partial charge in [-0.3, -0.25) is 0 Å². The maximum atomic E-state index is 5.88. The van der Waals surface area contributed by atoms with E-state index < -0.39 is 0 Å². The van der Waals surface area contributed by atoms with Gasteiger partial charge < -0.3 is 10.1 Å². The third kappa shape index (κ3) is 2.99. The number of hydrogen-bond donors (Lipinski definition) is 1. The van der Waals surface area contributed by atoms with Crippen molar-refractivity contribution in [3.63, 3.8) is 0 Å². The predicted octanol–water partition coefficient (Wildman–Crippen LogP) is 3.60. The number of rotatable bonds is 5. The van der Waals surface area contributed by atoms with Crippen LogP contribution in [0.2, 0.25) is 0 Å². The number of anilines is 1. The number of hydrogen-bond acceptors (Lipinski definition) is 4. The smallest absolute Gasteiger partial charge is 0.132 e. The first kappa shape index (κ1) is 13.9. The van der Waals surface area contributed by atoms with Gasteiger partial charge in [-0.15, -0.1) is 0 Å². The molecular weight excluding hydrogens is 262 g/mol. The summed E-state index contributed by atoms with van der Waals surface area (Å²) in [6, 6.07) is 8.19. The number of nitrogens with zero attached hydrogens (tertiary/aromatic N) is 2. The van der Waals surface area contributed by atoms with Gasteiger partial charge in [-0.25, -0.2) is 9.97 Å². The minimum atomic E-state index is 0.408. The molecule has 1 aromatic carbocycles. The average molecular weight is 283 g/mol. The van der Waals surface area contributed by atoms with Crippen LogP contribution in [0.4, 0.5) is 5.82 Å². The number of aryl methyl sites for hydroxylation is 1. The molecule has 4 nitrogen and oxygen atoms in total. The summed E-state index contributed by atoms with van der Waals surface area (Å²) >= 11 is 0. The molecular formula is C17H21N3O. The third-order valence-corrected chi connectivity index (χ3v) is 3.68. The molecule has 2 aromatic rings. The molecule has 0 spiro atoms. The minimum absolute atomic E-state index is 0.408. The van der Waals surface area contributed by atoms with Gasteiger partial charge in [0.05, 0.1) is 11.8 Å². The summed E-state index contributed by atoms with van der Waals surface area (Å²) in [5.74, 6) is 2.68. The van der Waals surface area contributed by atoms with Gasteiger partial charge in [0.1, 0.15) is 17.4 Å². The number of benzene rings is 1. The molecule has 0 saturated heterocycles. The first-order valence-electron chi connectivity index (χ1n) is 7.53. The van der Waals surface area contributed by atoms with Gasteiger partial charge in [0, 0.05) is 24.6 Å². The molecule has 110 valence electrons. The third-order valence-electron chi connectivity index (χ3n) is 3.68. The Labute approximate surface area is 125 Å². The van der Waals surface area contributed by atoms with Crippen LogP contribution in [0, 0.1) is 6.92 Å². The van der Waals surface area contributed by atoms with Crippen LogP contribution in [-0.2, 0) is 6.42 Å². The van der Waals surface area contributed by atoms with E-state index in [9.17, 15) is 0 Å². The molecule has 0 unspecified atom stereocenters. The van der Waals surface area contributed by atoms with Crippen LogP contribution >= 0.6 is 0 Å². The predicted molar refractivity (Wildman–Crippen MR) is 84.8 cm³/mol. The largest absolute Gasteiger partial charge is 0.490 e. The molecule has 3 rings (SSSR count). The van der Waals surface area contributed by atoms with E-state index in [2.05, 4.69) is 36.3 Å². The van der Waals surface area contributed by atoms with Crippen molar-refractivity contribution in [2.45, 2.75) is 39.2 Å². The Morgan fingerprint density at radius 3 is 2.76 bits per heavy atom. The summed E-state index contributed by atoms with van der Waals surface area (Å²) in [5.41, 5.74) is 3.13. The van der Waals surface area contributed by atoms with Crippen molar-refractivity contribution < 1.29 is 4.74 Å². The zero-order valence-corrected chi connectivity index (χ0v) is 12.8. The molecule has 0 radical (unpaired) electrons. The van der Waals surface area contributed by atoms with Crippen molar-refractivity contribution in [1.82, 2.24) is 9.97 Å². The van der Waals surface area contributed by atoms with Crippen LogP contribution in [-0.4, -0.2) is 23.1 Å². The van der Waals surface area contributed by atoms with Crippen LogP contribution in [0.25, 0.3) is 11.3 Å². The van der Waals surface area contributed by atoms with Crippen LogP contribution in [0.3, 0.4) is 0 Å². The van der Waals surface area contributed by atoms with E-state index in [0.717, 1.165) is 40.6 Å². The fourth-order valence-electron chi connectivity index (χ4n) is 2.34. The van der Waals surface area contributed by atoms with Crippen LogP contribution in [0.15, 0.2) is 24.3 Å². The lowest BCUT2D eigenvalue weighted by atomic mass is 10.1. The zero-order valence-electron chi connectivity index (χ0n) is 12.8. The van der Waals surface area contributed by atoms with Crippen LogP contribution < -0.4 is 10.1 Å². The van der Waals surface area contributed by atoms with Crippen LogP contribution in [0.5, 0.6) is 5.75 Å². The second-order valence-electron chi connectivity index (χ2n) is 5.41. The Morgan fingerprint density at radius 2 is 2.10 bits per heavy atom. The van der Waals surface area contributed by atoms with Gasteiger partial charge in [0.15, 0.2) is 0 Å². The van der Waals surface area contributed by atoms with Gasteiger partial charge in [0.25, 0.3) is 0 Å². The molecule has 4 heteroatoms. The lowest BCUT2D eigenvalue weighted by molar-refractivity contribution is 0.303. The summed E-state index contributed by atoms with van der Waals surface area (Å²) < 4.78 is 5.88. The number of aromatic nitrogens is 2. The second kappa shape index (κ2) is 5.72. The topological polar surface area (TPSA) is 47.0 Å². The molecule has 1 aliphatic rings. The Kier molecular flexibility index (Phi) is 3.78.